The largest absolute Gasteiger partial charge is 0.467 e. The minimum atomic E-state index is -1.60. The minimum Gasteiger partial charge on any atom is -0.467 e. The molecule has 0 spiro atoms. The Kier molecular flexibility index (Phi) is 8.02. The third-order valence-electron chi connectivity index (χ3n) is 5.16. The molecule has 2 aromatic rings. The van der Waals surface area contributed by atoms with Crippen molar-refractivity contribution < 1.29 is 47.7 Å². The van der Waals surface area contributed by atoms with Crippen molar-refractivity contribution in [2.75, 3.05) is 7.11 Å². The van der Waals surface area contributed by atoms with Crippen molar-refractivity contribution in [3.8, 4) is 0 Å². The van der Waals surface area contributed by atoms with E-state index >= 15 is 0 Å². The fourth-order valence-electron chi connectivity index (χ4n) is 3.78. The van der Waals surface area contributed by atoms with Crippen molar-refractivity contribution in [2.24, 2.45) is 0 Å². The summed E-state index contributed by atoms with van der Waals surface area (Å²) in [6, 6.07) is 12.4. The van der Waals surface area contributed by atoms with E-state index in [2.05, 4.69) is 5.32 Å². The van der Waals surface area contributed by atoms with Crippen LogP contribution in [0.4, 0.5) is 0 Å². The van der Waals surface area contributed by atoms with E-state index in [9.17, 15) is 24.0 Å². The quantitative estimate of drug-likeness (QED) is 0.467. The van der Waals surface area contributed by atoms with E-state index in [4.69, 9.17) is 23.7 Å². The first-order valence-corrected chi connectivity index (χ1v) is 10.6. The normalized spacial score (nSPS) is 23.6. The van der Waals surface area contributed by atoms with Crippen LogP contribution in [0, 0.1) is 0 Å². The molecular formula is C24H25NO10. The number of rotatable bonds is 6. The molecule has 1 aliphatic rings. The maximum atomic E-state index is 13.1. The van der Waals surface area contributed by atoms with Gasteiger partial charge in [0, 0.05) is 26.3 Å². The summed E-state index contributed by atoms with van der Waals surface area (Å²) in [7, 11) is 1.08. The molecule has 1 amide bonds. The molecule has 3 rings (SSSR count). The fourth-order valence-corrected chi connectivity index (χ4v) is 3.78. The Balaban J connectivity index is 1.99. The van der Waals surface area contributed by atoms with Gasteiger partial charge in [-0.25, -0.2) is 4.79 Å². The lowest BCUT2D eigenvalue weighted by Crippen LogP contribution is -2.67. The maximum absolute atomic E-state index is 13.1. The third kappa shape index (κ3) is 6.12. The zero-order chi connectivity index (χ0) is 25.7. The van der Waals surface area contributed by atoms with Gasteiger partial charge in [-0.05, 0) is 22.9 Å². The lowest BCUT2D eigenvalue weighted by molar-refractivity contribution is -0.251. The first-order chi connectivity index (χ1) is 16.6. The van der Waals surface area contributed by atoms with Crippen LogP contribution >= 0.6 is 0 Å². The van der Waals surface area contributed by atoms with Crippen LogP contribution in [0.5, 0.6) is 0 Å². The van der Waals surface area contributed by atoms with Gasteiger partial charge in [0.2, 0.25) is 0 Å². The summed E-state index contributed by atoms with van der Waals surface area (Å²) in [5.41, 5.74) is 0.259. The van der Waals surface area contributed by atoms with Crippen molar-refractivity contribution in [1.82, 2.24) is 5.32 Å². The summed E-state index contributed by atoms with van der Waals surface area (Å²) >= 11 is 0. The summed E-state index contributed by atoms with van der Waals surface area (Å²) < 4.78 is 26.2. The minimum absolute atomic E-state index is 0.259. The van der Waals surface area contributed by atoms with Crippen molar-refractivity contribution in [3.63, 3.8) is 0 Å². The molecule has 1 heterocycles. The Labute approximate surface area is 200 Å². The van der Waals surface area contributed by atoms with Gasteiger partial charge in [-0.2, -0.15) is 0 Å². The molecule has 1 aliphatic heterocycles. The van der Waals surface area contributed by atoms with Crippen LogP contribution in [-0.2, 0) is 42.9 Å². The highest BCUT2D eigenvalue weighted by molar-refractivity contribution is 5.98. The van der Waals surface area contributed by atoms with Crippen molar-refractivity contribution in [3.05, 3.63) is 48.0 Å². The van der Waals surface area contributed by atoms with Crippen molar-refractivity contribution >= 4 is 40.6 Å². The van der Waals surface area contributed by atoms with Gasteiger partial charge in [0.1, 0.15) is 0 Å². The van der Waals surface area contributed by atoms with Crippen LogP contribution in [0.25, 0.3) is 10.8 Å². The van der Waals surface area contributed by atoms with Gasteiger partial charge >= 0.3 is 23.9 Å². The molecule has 5 atom stereocenters. The predicted molar refractivity (Wildman–Crippen MR) is 119 cm³/mol. The summed E-state index contributed by atoms with van der Waals surface area (Å²) in [6.07, 6.45) is -7.51. The van der Waals surface area contributed by atoms with Gasteiger partial charge in [0.15, 0.2) is 30.6 Å². The number of fused-ring (bicyclic) bond motifs is 1. The first-order valence-electron chi connectivity index (χ1n) is 10.6. The van der Waals surface area contributed by atoms with E-state index in [1.807, 2.05) is 24.3 Å². The molecule has 1 fully saturated rings. The molecule has 0 saturated carbocycles. The monoisotopic (exact) mass is 487 g/mol. The second-order valence-corrected chi connectivity index (χ2v) is 7.76. The highest BCUT2D eigenvalue weighted by Crippen LogP contribution is 2.29. The number of ether oxygens (including phenoxy) is 5. The lowest BCUT2D eigenvalue weighted by atomic mass is 9.96. The summed E-state index contributed by atoms with van der Waals surface area (Å²) in [5.74, 6) is -3.99. The number of hydrogen-bond donors (Lipinski definition) is 1. The predicted octanol–water partition coefficient (Wildman–Crippen LogP) is 1.26. The maximum Gasteiger partial charge on any atom is 0.339 e. The van der Waals surface area contributed by atoms with Crippen LogP contribution < -0.4 is 5.32 Å². The molecule has 11 nitrogen and oxygen atoms in total. The molecule has 1 saturated heterocycles. The second kappa shape index (κ2) is 11.0. The van der Waals surface area contributed by atoms with Crippen LogP contribution in [0.1, 0.15) is 31.1 Å². The average Bonchev–Trinajstić information content (AvgIpc) is 2.80. The van der Waals surface area contributed by atoms with Crippen LogP contribution in [0.15, 0.2) is 42.5 Å². The summed E-state index contributed by atoms with van der Waals surface area (Å²) in [6.45, 7) is 3.26. The first kappa shape index (κ1) is 25.6. The lowest BCUT2D eigenvalue weighted by Gasteiger charge is -2.43. The number of carbonyl (C=O) groups is 5. The zero-order valence-corrected chi connectivity index (χ0v) is 19.5. The van der Waals surface area contributed by atoms with E-state index in [1.165, 1.54) is 0 Å². The van der Waals surface area contributed by atoms with Crippen molar-refractivity contribution in [1.29, 1.82) is 0 Å². The molecule has 0 unspecified atom stereocenters. The van der Waals surface area contributed by atoms with Gasteiger partial charge in [0.05, 0.1) is 7.11 Å². The van der Waals surface area contributed by atoms with E-state index in [0.29, 0.717) is 0 Å². The molecule has 35 heavy (non-hydrogen) atoms. The molecule has 0 radical (unpaired) electrons. The van der Waals surface area contributed by atoms with E-state index in [1.54, 1.807) is 18.2 Å². The topological polar surface area (TPSA) is 144 Å². The van der Waals surface area contributed by atoms with Gasteiger partial charge in [0.25, 0.3) is 5.91 Å². The Morgan fingerprint density at radius 1 is 0.771 bits per heavy atom. The van der Waals surface area contributed by atoms with Gasteiger partial charge in [-0.15, -0.1) is 0 Å². The SMILES string of the molecule is COC(=O)[C@H]1O[C@@H](NC(=O)c2ccc3ccccc3c2)[C@H](OC(C)=O)[C@@H](OC(C)=O)[C@@H]1OC(C)=O. The fraction of sp³-hybridized carbons (Fsp3) is 0.375. The van der Waals surface area contributed by atoms with E-state index < -0.39 is 60.4 Å². The van der Waals surface area contributed by atoms with E-state index in [-0.39, 0.29) is 5.56 Å². The Morgan fingerprint density at radius 3 is 1.94 bits per heavy atom. The Bertz CT molecular complexity index is 1150. The molecule has 2 aromatic carbocycles. The Morgan fingerprint density at radius 2 is 1.34 bits per heavy atom. The zero-order valence-electron chi connectivity index (χ0n) is 19.5. The standard InChI is InChI=1S/C24H25NO10/c1-12(26)32-18-19(33-13(2)27)21(24(30)31-4)35-23(20(18)34-14(3)28)25-22(29)17-10-9-15-7-5-6-8-16(15)11-17/h5-11,18-21,23H,1-4H3,(H,25,29)/t18-,19-,20+,21-,23+/m0/s1. The molecule has 11 heteroatoms. The Hall–Kier alpha value is -3.99. The number of hydrogen-bond acceptors (Lipinski definition) is 10. The second-order valence-electron chi connectivity index (χ2n) is 7.76. The number of carbonyl (C=O) groups excluding carboxylic acids is 5. The number of benzene rings is 2. The molecule has 0 bridgehead atoms. The smallest absolute Gasteiger partial charge is 0.339 e. The van der Waals surface area contributed by atoms with Crippen molar-refractivity contribution in [2.45, 2.75) is 51.4 Å². The number of nitrogens with one attached hydrogen (secondary N) is 1. The third-order valence-corrected chi connectivity index (χ3v) is 5.16. The van der Waals surface area contributed by atoms with Gasteiger partial charge in [-0.1, -0.05) is 30.3 Å². The number of amides is 1. The van der Waals surface area contributed by atoms with Gasteiger partial charge in [-0.3, -0.25) is 19.2 Å². The molecule has 186 valence electrons. The highest BCUT2D eigenvalue weighted by atomic mass is 16.7. The molecule has 0 aromatic heterocycles. The highest BCUT2D eigenvalue weighted by Gasteiger charge is 2.55. The van der Waals surface area contributed by atoms with E-state index in [0.717, 1.165) is 38.7 Å². The summed E-state index contributed by atoms with van der Waals surface area (Å²) in [4.78, 5) is 61.0. The summed E-state index contributed by atoms with van der Waals surface area (Å²) in [5, 5.41) is 4.29. The molecule has 1 N–H and O–H groups in total. The van der Waals surface area contributed by atoms with Gasteiger partial charge < -0.3 is 29.0 Å². The number of esters is 4. The molecule has 0 aliphatic carbocycles. The average molecular weight is 487 g/mol. The van der Waals surface area contributed by atoms with Crippen LogP contribution in [0.2, 0.25) is 0 Å². The van der Waals surface area contributed by atoms with Crippen LogP contribution in [0.3, 0.4) is 0 Å². The molecular weight excluding hydrogens is 462 g/mol. The van der Waals surface area contributed by atoms with Crippen LogP contribution in [-0.4, -0.2) is 67.5 Å². The number of methoxy groups -OCH3 is 1.